The van der Waals surface area contributed by atoms with Crippen LogP contribution in [-0.4, -0.2) is 318 Å². The van der Waals surface area contributed by atoms with Gasteiger partial charge in [0.05, 0.1) is 55.4 Å². The van der Waals surface area contributed by atoms with E-state index >= 15 is 0 Å². The van der Waals surface area contributed by atoms with Gasteiger partial charge in [0.15, 0.2) is 57.5 Å². The number of amides is 10. The molecule has 0 bridgehead atoms. The van der Waals surface area contributed by atoms with Gasteiger partial charge in [-0.2, -0.15) is 0 Å². The van der Waals surface area contributed by atoms with E-state index in [1.807, 2.05) is 102 Å². The fourth-order valence-corrected chi connectivity index (χ4v) is 12.7. The number of imide groups is 5. The Labute approximate surface area is 762 Å². The lowest BCUT2D eigenvalue weighted by molar-refractivity contribution is -0.140. The first-order chi connectivity index (χ1) is 62.1. The number of ether oxygens (including phenoxy) is 8. The zero-order chi connectivity index (χ0) is 95.9. The van der Waals surface area contributed by atoms with Crippen LogP contribution in [0.4, 0.5) is 0 Å². The summed E-state index contributed by atoms with van der Waals surface area (Å²) in [7, 11) is 19.3. The van der Waals surface area contributed by atoms with Crippen molar-refractivity contribution in [3.8, 4) is 57.5 Å². The topological polar surface area (TPSA) is 375 Å². The fourth-order valence-electron chi connectivity index (χ4n) is 12.7. The number of methoxy groups -OCH3 is 5. The third-order valence-electron chi connectivity index (χ3n) is 19.8. The number of carbonyl (C=O) groups is 10. The average Bonchev–Trinajstić information content (AvgIpc) is 0.857. The first kappa shape index (κ1) is 107. The highest BCUT2D eigenvalue weighted by atomic mass is 16.5. The van der Waals surface area contributed by atoms with Crippen molar-refractivity contribution in [1.29, 1.82) is 0 Å². The van der Waals surface area contributed by atoms with E-state index in [0.717, 1.165) is 57.6 Å². The molecule has 0 aromatic heterocycles. The van der Waals surface area contributed by atoms with Crippen molar-refractivity contribution in [2.75, 3.05) is 189 Å². The first-order valence-electron chi connectivity index (χ1n) is 42.4. The summed E-state index contributed by atoms with van der Waals surface area (Å²) in [6, 6.07) is 17.9. The summed E-state index contributed by atoms with van der Waals surface area (Å²) in [6.45, 7) is 17.3. The molecule has 0 fully saturated rings. The third kappa shape index (κ3) is 35.9. The highest BCUT2D eigenvalue weighted by Crippen LogP contribution is 2.37. The Morgan fingerprint density at radius 3 is 0.738 bits per heavy atom. The maximum Gasteiger partial charge on any atom is 0.253 e. The van der Waals surface area contributed by atoms with Crippen molar-refractivity contribution < 1.29 is 111 Å². The molecular weight excluding hydrogens is 1670 g/mol. The molecule has 130 heavy (non-hydrogen) atoms. The highest BCUT2D eigenvalue weighted by molar-refractivity contribution is 6.10. The van der Waals surface area contributed by atoms with Gasteiger partial charge in [0.25, 0.3) is 59.1 Å². The zero-order valence-corrected chi connectivity index (χ0v) is 77.5. The average molecular weight is 1800 g/mol. The predicted molar refractivity (Wildman–Crippen MR) is 499 cm³/mol. The zero-order valence-electron chi connectivity index (χ0n) is 77.5. The van der Waals surface area contributed by atoms with Crippen molar-refractivity contribution in [2.24, 2.45) is 0 Å². The molecule has 5 aromatic rings. The van der Waals surface area contributed by atoms with Crippen LogP contribution in [0, 0.1) is 34.6 Å². The Morgan fingerprint density at radius 1 is 0.315 bits per heavy atom. The molecular formula is C98H127N9O23. The molecule has 5 heterocycles. The Balaban J connectivity index is 0.000000309. The number of aromatic hydroxyl groups is 2. The normalized spacial score (nSPS) is 14.2. The number of nitrogens with zero attached hydrogens (tertiary/aromatic N) is 9. The molecule has 5 N–H and O–H groups in total. The largest absolute Gasteiger partial charge is 0.504 e. The molecule has 0 spiro atoms. The van der Waals surface area contributed by atoms with Crippen molar-refractivity contribution in [3.63, 3.8) is 0 Å². The van der Waals surface area contributed by atoms with Crippen LogP contribution in [0.5, 0.6) is 57.5 Å². The molecule has 10 amide bonds. The standard InChI is InChI=1S/C37H43N3O8.C20H26N2O4.2C16H17NO4.C5H13NO2.C4H11NO/c1-26-22-28(12-14-34(43)39-16-8-6-10-32(39)41)24-30(45-4)36(26)47-20-18-38(3)19-21-48-37-27(2)23-29(25-31(37)46-5)13-15-35(44)40-17-9-7-11-33(40)42;1-15-13-16(8-9-19(24)22-10-6-5-7-18(22)23)14-17(25-4)20(15)26-12-11-21(2)3;2*1-11-9-12(10-13(21-2)16(11)20)6-7-15(19)17-8-4-3-5-14(17)18;1-6(2-4-7)3-5-8;1-5(2)3-4-6/h6-7,10-15,22-25H,8-9,16-21H2,1-5H3;5,7-9,13-14H,6,10-12H2,1-4H3;2*3,5-7,9-10,20H,4,8H2,1-2H3;7-8H,2-5H2,1H3;6H,3-4H2,1-2H3/b14-12+,15-13+;9-8+;2*7-6+;;. The van der Waals surface area contributed by atoms with Crippen molar-refractivity contribution in [1.82, 2.24) is 44.1 Å². The lowest BCUT2D eigenvalue weighted by Crippen LogP contribution is -2.37. The van der Waals surface area contributed by atoms with Crippen LogP contribution in [-0.2, 0) is 47.9 Å². The number of aryl methyl sites for hydroxylation is 5. The molecule has 5 aliphatic rings. The van der Waals surface area contributed by atoms with Crippen LogP contribution in [0.3, 0.4) is 0 Å². The molecule has 5 aromatic carbocycles. The van der Waals surface area contributed by atoms with Gasteiger partial charge in [-0.1, -0.05) is 30.4 Å². The van der Waals surface area contributed by atoms with E-state index in [1.54, 1.807) is 132 Å². The predicted octanol–water partition coefficient (Wildman–Crippen LogP) is 9.16. The molecule has 0 atom stereocenters. The van der Waals surface area contributed by atoms with E-state index in [0.29, 0.717) is 168 Å². The van der Waals surface area contributed by atoms with Gasteiger partial charge in [0.2, 0.25) is 0 Å². The minimum Gasteiger partial charge on any atom is -0.504 e. The van der Waals surface area contributed by atoms with Gasteiger partial charge in [0.1, 0.15) is 19.8 Å². The fraction of sp³-hybridized carbons (Fsp3) is 0.388. The number of hydrogen-bond donors (Lipinski definition) is 5. The van der Waals surface area contributed by atoms with Crippen molar-refractivity contribution in [3.05, 3.63) is 207 Å². The van der Waals surface area contributed by atoms with Crippen LogP contribution >= 0.6 is 0 Å². The van der Waals surface area contributed by atoms with Gasteiger partial charge in [-0.25, -0.2) is 0 Å². The second-order valence-electron chi connectivity index (χ2n) is 30.6. The van der Waals surface area contributed by atoms with Gasteiger partial charge in [-0.05, 0) is 286 Å². The van der Waals surface area contributed by atoms with Crippen LogP contribution in [0.2, 0.25) is 0 Å². The summed E-state index contributed by atoms with van der Waals surface area (Å²) < 4.78 is 44.8. The molecule has 0 saturated heterocycles. The molecule has 702 valence electrons. The number of phenols is 2. The lowest BCUT2D eigenvalue weighted by atomic mass is 10.1. The van der Waals surface area contributed by atoms with Crippen LogP contribution < -0.4 is 37.9 Å². The quantitative estimate of drug-likeness (QED) is 0.0244. The van der Waals surface area contributed by atoms with E-state index in [4.69, 9.17) is 53.2 Å². The number of aliphatic hydroxyl groups is 3. The number of benzene rings is 5. The summed E-state index contributed by atoms with van der Waals surface area (Å²) in [5, 5.41) is 44.4. The summed E-state index contributed by atoms with van der Waals surface area (Å²) >= 11 is 0. The molecule has 0 saturated carbocycles. The monoisotopic (exact) mass is 1800 g/mol. The smallest absolute Gasteiger partial charge is 0.253 e. The van der Waals surface area contributed by atoms with E-state index < -0.39 is 0 Å². The SMILES string of the molecule is CN(C)CCO.CN(CCO)CCO.COc1cc(/C=C/C(=O)N2CCC=CC2=O)cc(C)c1O.COc1cc(/C=C/C(=O)N2CCC=CC2=O)cc(C)c1O.COc1cc(/C=C/C(=O)N2CCC=CC2=O)cc(C)c1OCCN(C)C.COc1cc(/C=C/C(=O)N2CCC=CC2=O)cc(C)c1OCCN(C)CCOc1c(C)cc(/C=C/C(=O)N2CCC=CC2=O)cc1OC. The Hall–Kier alpha value is -13.1. The second-order valence-corrected chi connectivity index (χ2v) is 30.6. The number of carbonyl (C=O) groups excluding carboxylic acids is 10. The Morgan fingerprint density at radius 2 is 0.531 bits per heavy atom. The number of phenolic OH excluding ortho intramolecular Hbond substituents is 2. The number of likely N-dealkylation sites (N-methyl/N-ethyl adjacent to an activating group) is 4. The third-order valence-corrected chi connectivity index (χ3v) is 19.8. The Bertz CT molecular complexity index is 4760. The van der Waals surface area contributed by atoms with Crippen molar-refractivity contribution >= 4 is 89.5 Å². The molecule has 32 nitrogen and oxygen atoms in total. The maximum atomic E-state index is 12.5. The van der Waals surface area contributed by atoms with Gasteiger partial charge < -0.3 is 78.1 Å². The van der Waals surface area contributed by atoms with Crippen LogP contribution in [0.15, 0.2) is 152 Å². The summed E-state index contributed by atoms with van der Waals surface area (Å²) in [6.07, 6.45) is 34.4. The van der Waals surface area contributed by atoms with Crippen LogP contribution in [0.25, 0.3) is 30.4 Å². The minimum absolute atomic E-state index is 0.0809. The summed E-state index contributed by atoms with van der Waals surface area (Å²) in [5.74, 6) is 1.31. The van der Waals surface area contributed by atoms with Gasteiger partial charge in [0, 0.05) is 102 Å². The van der Waals surface area contributed by atoms with Gasteiger partial charge in [-0.3, -0.25) is 77.3 Å². The molecule has 32 heteroatoms. The summed E-state index contributed by atoms with van der Waals surface area (Å²) in [5.41, 5.74) is 7.70. The van der Waals surface area contributed by atoms with Gasteiger partial charge in [-0.15, -0.1) is 0 Å². The van der Waals surface area contributed by atoms with E-state index in [2.05, 4.69) is 4.90 Å². The number of rotatable bonds is 33. The number of hydrogen-bond acceptors (Lipinski definition) is 27. The lowest BCUT2D eigenvalue weighted by Gasteiger charge is -2.20. The first-order valence-corrected chi connectivity index (χ1v) is 42.4. The highest BCUT2D eigenvalue weighted by Gasteiger charge is 2.25. The maximum absolute atomic E-state index is 12.5. The molecule has 5 aliphatic heterocycles. The molecule has 0 aliphatic carbocycles. The second kappa shape index (κ2) is 57.0. The van der Waals surface area contributed by atoms with E-state index in [-0.39, 0.29) is 90.4 Å². The Kier molecular flexibility index (Phi) is 47.1. The van der Waals surface area contributed by atoms with Crippen molar-refractivity contribution in [2.45, 2.75) is 66.7 Å². The molecule has 10 rings (SSSR count). The van der Waals surface area contributed by atoms with E-state index in [9.17, 15) is 58.2 Å². The molecule has 0 radical (unpaired) electrons. The van der Waals surface area contributed by atoms with Crippen LogP contribution in [0.1, 0.15) is 87.7 Å². The number of aliphatic hydroxyl groups excluding tert-OH is 3. The summed E-state index contributed by atoms with van der Waals surface area (Å²) in [4.78, 5) is 134. The van der Waals surface area contributed by atoms with E-state index in [1.165, 1.54) is 99.5 Å². The molecule has 0 unspecified atom stereocenters. The minimum atomic E-state index is -0.356. The van der Waals surface area contributed by atoms with Gasteiger partial charge >= 0.3 is 0 Å².